The lowest BCUT2D eigenvalue weighted by molar-refractivity contribution is 0.340. The monoisotopic (exact) mass is 234 g/mol. The van der Waals surface area contributed by atoms with Gasteiger partial charge in [-0.3, -0.25) is 0 Å². The zero-order chi connectivity index (χ0) is 11.4. The zero-order valence-electron chi connectivity index (χ0n) is 9.10. The molecule has 1 N–H and O–H groups in total. The van der Waals surface area contributed by atoms with Crippen LogP contribution in [-0.4, -0.2) is 16.6 Å². The fourth-order valence-electron chi connectivity index (χ4n) is 1.49. The quantitative estimate of drug-likeness (QED) is 0.798. The Hall–Kier alpha value is -1.42. The molecule has 2 rings (SSSR count). The van der Waals surface area contributed by atoms with Crippen molar-refractivity contribution in [2.24, 2.45) is 0 Å². The van der Waals surface area contributed by atoms with Crippen molar-refractivity contribution in [1.29, 1.82) is 0 Å². The molecule has 0 bridgehead atoms. The molecule has 0 aliphatic carbocycles. The molecule has 0 saturated heterocycles. The van der Waals surface area contributed by atoms with Gasteiger partial charge in [0.15, 0.2) is 0 Å². The number of aromatic nitrogens is 2. The van der Waals surface area contributed by atoms with Gasteiger partial charge in [-0.1, -0.05) is 0 Å². The maximum Gasteiger partial charge on any atom is 0.119 e. The molecule has 2 aromatic rings. The van der Waals surface area contributed by atoms with Crippen molar-refractivity contribution >= 4 is 12.6 Å². The van der Waals surface area contributed by atoms with Gasteiger partial charge in [-0.2, -0.15) is 12.6 Å². The molecule has 1 aromatic carbocycles. The molecule has 0 atom stereocenters. The summed E-state index contributed by atoms with van der Waals surface area (Å²) in [6.07, 6.45) is 1.82. The second-order valence-corrected chi connectivity index (χ2v) is 3.68. The first-order valence-corrected chi connectivity index (χ1v) is 5.84. The van der Waals surface area contributed by atoms with Crippen LogP contribution in [0.4, 0.5) is 0 Å². The largest absolute Gasteiger partial charge is 0.494 e. The summed E-state index contributed by atoms with van der Waals surface area (Å²) in [7, 11) is 0. The molecule has 0 aliphatic rings. The molecular formula is C12H14N2OS. The number of ether oxygens (including phenoxy) is 1. The van der Waals surface area contributed by atoms with E-state index in [0.29, 0.717) is 12.4 Å². The van der Waals surface area contributed by atoms with E-state index in [1.807, 2.05) is 37.4 Å². The van der Waals surface area contributed by atoms with E-state index < -0.39 is 0 Å². The summed E-state index contributed by atoms with van der Waals surface area (Å²) in [6.45, 7) is 2.66. The van der Waals surface area contributed by atoms with Gasteiger partial charge in [-0.25, -0.2) is 4.98 Å². The topological polar surface area (TPSA) is 37.9 Å². The molecule has 3 nitrogen and oxygen atoms in total. The summed E-state index contributed by atoms with van der Waals surface area (Å²) >= 11 is 4.17. The number of thiol groups is 1. The number of imidazole rings is 1. The highest BCUT2D eigenvalue weighted by molar-refractivity contribution is 7.79. The SMILES string of the molecule is CCOc1ccc(-c2cnc(CS)[nH]2)cc1. The number of H-pyrrole nitrogens is 1. The van der Waals surface area contributed by atoms with Crippen molar-refractivity contribution in [3.05, 3.63) is 36.3 Å². The Labute approximate surface area is 100 Å². The Morgan fingerprint density at radius 2 is 2.06 bits per heavy atom. The van der Waals surface area contributed by atoms with Crippen molar-refractivity contribution in [2.75, 3.05) is 6.61 Å². The third-order valence-electron chi connectivity index (χ3n) is 2.25. The maximum absolute atomic E-state index is 5.39. The molecule has 1 aromatic heterocycles. The van der Waals surface area contributed by atoms with Gasteiger partial charge in [0, 0.05) is 5.75 Å². The van der Waals surface area contributed by atoms with E-state index in [2.05, 4.69) is 22.6 Å². The normalized spacial score (nSPS) is 10.4. The molecule has 0 spiro atoms. The second kappa shape index (κ2) is 5.07. The number of nitrogens with one attached hydrogen (secondary N) is 1. The standard InChI is InChI=1S/C12H14N2OS/c1-2-15-10-5-3-9(4-6-10)11-7-13-12(8-16)14-11/h3-7,16H,2,8H2,1H3,(H,13,14). The summed E-state index contributed by atoms with van der Waals surface area (Å²) in [5.41, 5.74) is 2.11. The van der Waals surface area contributed by atoms with Crippen LogP contribution in [0.2, 0.25) is 0 Å². The second-order valence-electron chi connectivity index (χ2n) is 3.36. The molecular weight excluding hydrogens is 220 g/mol. The molecule has 0 fully saturated rings. The molecule has 4 heteroatoms. The molecule has 84 valence electrons. The predicted octanol–water partition coefficient (Wildman–Crippen LogP) is 2.91. The van der Waals surface area contributed by atoms with Gasteiger partial charge in [0.1, 0.15) is 11.6 Å². The highest BCUT2D eigenvalue weighted by atomic mass is 32.1. The minimum absolute atomic E-state index is 0.622. The molecule has 0 saturated carbocycles. The molecule has 0 unspecified atom stereocenters. The maximum atomic E-state index is 5.39. The number of rotatable bonds is 4. The van der Waals surface area contributed by atoms with Crippen LogP contribution < -0.4 is 4.74 Å². The Morgan fingerprint density at radius 3 is 2.62 bits per heavy atom. The van der Waals surface area contributed by atoms with E-state index in [9.17, 15) is 0 Å². The molecule has 1 heterocycles. The summed E-state index contributed by atoms with van der Waals surface area (Å²) < 4.78 is 5.39. The van der Waals surface area contributed by atoms with Gasteiger partial charge in [0.25, 0.3) is 0 Å². The first-order chi connectivity index (χ1) is 7.83. The van der Waals surface area contributed by atoms with Gasteiger partial charge >= 0.3 is 0 Å². The van der Waals surface area contributed by atoms with E-state index in [4.69, 9.17) is 4.74 Å². The van der Waals surface area contributed by atoms with Gasteiger partial charge in [0.2, 0.25) is 0 Å². The van der Waals surface area contributed by atoms with Crippen LogP contribution in [0.1, 0.15) is 12.7 Å². The number of nitrogens with zero attached hydrogens (tertiary/aromatic N) is 1. The van der Waals surface area contributed by atoms with Crippen LogP contribution in [0, 0.1) is 0 Å². The van der Waals surface area contributed by atoms with Crippen molar-refractivity contribution in [3.63, 3.8) is 0 Å². The highest BCUT2D eigenvalue weighted by Crippen LogP contribution is 2.21. The van der Waals surface area contributed by atoms with Crippen LogP contribution >= 0.6 is 12.6 Å². The van der Waals surface area contributed by atoms with Crippen molar-refractivity contribution in [2.45, 2.75) is 12.7 Å². The van der Waals surface area contributed by atoms with Crippen molar-refractivity contribution in [1.82, 2.24) is 9.97 Å². The predicted molar refractivity (Wildman–Crippen MR) is 67.9 cm³/mol. The molecule has 16 heavy (non-hydrogen) atoms. The average Bonchev–Trinajstić information content (AvgIpc) is 2.79. The van der Waals surface area contributed by atoms with Crippen LogP contribution in [0.15, 0.2) is 30.5 Å². The van der Waals surface area contributed by atoms with Gasteiger partial charge in [-0.15, -0.1) is 0 Å². The lowest BCUT2D eigenvalue weighted by Gasteiger charge is -2.03. The zero-order valence-corrected chi connectivity index (χ0v) is 10.00. The summed E-state index contributed by atoms with van der Waals surface area (Å²) in [5, 5.41) is 0. The minimum Gasteiger partial charge on any atom is -0.494 e. The minimum atomic E-state index is 0.622. The number of aromatic amines is 1. The van der Waals surface area contributed by atoms with E-state index in [0.717, 1.165) is 22.8 Å². The van der Waals surface area contributed by atoms with Crippen molar-refractivity contribution < 1.29 is 4.74 Å². The summed E-state index contributed by atoms with van der Waals surface area (Å²) in [5.74, 6) is 2.39. The van der Waals surface area contributed by atoms with E-state index in [1.54, 1.807) is 0 Å². The van der Waals surface area contributed by atoms with E-state index >= 15 is 0 Å². The fraction of sp³-hybridized carbons (Fsp3) is 0.250. The fourth-order valence-corrected chi connectivity index (χ4v) is 1.65. The number of hydrogen-bond acceptors (Lipinski definition) is 3. The smallest absolute Gasteiger partial charge is 0.119 e. The Kier molecular flexibility index (Phi) is 3.51. The van der Waals surface area contributed by atoms with E-state index in [-0.39, 0.29) is 0 Å². The van der Waals surface area contributed by atoms with Gasteiger partial charge < -0.3 is 9.72 Å². The first-order valence-electron chi connectivity index (χ1n) is 5.21. The summed E-state index contributed by atoms with van der Waals surface area (Å²) in [6, 6.07) is 7.95. The number of hydrogen-bond donors (Lipinski definition) is 2. The van der Waals surface area contributed by atoms with E-state index in [1.165, 1.54) is 0 Å². The average molecular weight is 234 g/mol. The van der Waals surface area contributed by atoms with Crippen LogP contribution in [-0.2, 0) is 5.75 Å². The summed E-state index contributed by atoms with van der Waals surface area (Å²) in [4.78, 5) is 7.41. The van der Waals surface area contributed by atoms with Crippen LogP contribution in [0.3, 0.4) is 0 Å². The van der Waals surface area contributed by atoms with Crippen molar-refractivity contribution in [3.8, 4) is 17.0 Å². The van der Waals surface area contributed by atoms with Gasteiger partial charge in [-0.05, 0) is 36.8 Å². The Morgan fingerprint density at radius 1 is 1.31 bits per heavy atom. The lowest BCUT2D eigenvalue weighted by atomic mass is 10.2. The Balaban J connectivity index is 2.20. The first kappa shape index (κ1) is 11.1. The highest BCUT2D eigenvalue weighted by Gasteiger charge is 2.02. The molecule has 0 amide bonds. The third kappa shape index (κ3) is 2.39. The lowest BCUT2D eigenvalue weighted by Crippen LogP contribution is -1.90. The Bertz CT molecular complexity index is 450. The third-order valence-corrected chi connectivity index (χ3v) is 2.55. The van der Waals surface area contributed by atoms with Crippen LogP contribution in [0.5, 0.6) is 5.75 Å². The molecule has 0 aliphatic heterocycles. The number of benzene rings is 1. The van der Waals surface area contributed by atoms with Crippen LogP contribution in [0.25, 0.3) is 11.3 Å². The molecule has 0 radical (unpaired) electrons. The van der Waals surface area contributed by atoms with Gasteiger partial charge in [0.05, 0.1) is 18.5 Å².